The van der Waals surface area contributed by atoms with Crippen molar-refractivity contribution in [3.63, 3.8) is 0 Å². The van der Waals surface area contributed by atoms with Crippen molar-refractivity contribution >= 4 is 16.0 Å². The first kappa shape index (κ1) is 14.4. The van der Waals surface area contributed by atoms with Crippen LogP contribution < -0.4 is 0 Å². The highest BCUT2D eigenvalue weighted by molar-refractivity contribution is 7.88. The second kappa shape index (κ2) is 5.79. The zero-order valence-corrected chi connectivity index (χ0v) is 10.9. The molecule has 1 aliphatic heterocycles. The highest BCUT2D eigenvalue weighted by Crippen LogP contribution is 2.16. The number of ether oxygens (including phenoxy) is 1. The van der Waals surface area contributed by atoms with Gasteiger partial charge in [0.15, 0.2) is 0 Å². The summed E-state index contributed by atoms with van der Waals surface area (Å²) in [6.45, 7) is 2.39. The molecule has 0 spiro atoms. The highest BCUT2D eigenvalue weighted by atomic mass is 32.2. The molecule has 0 amide bonds. The van der Waals surface area contributed by atoms with E-state index in [2.05, 4.69) is 0 Å². The lowest BCUT2D eigenvalue weighted by Crippen LogP contribution is -2.40. The van der Waals surface area contributed by atoms with Crippen LogP contribution in [-0.2, 0) is 19.6 Å². The van der Waals surface area contributed by atoms with Crippen molar-refractivity contribution in [2.24, 2.45) is 5.92 Å². The van der Waals surface area contributed by atoms with Gasteiger partial charge in [0.2, 0.25) is 10.0 Å². The van der Waals surface area contributed by atoms with Crippen LogP contribution >= 0.6 is 0 Å². The third kappa shape index (κ3) is 4.61. The highest BCUT2D eigenvalue weighted by Gasteiger charge is 2.27. The summed E-state index contributed by atoms with van der Waals surface area (Å²) in [5.74, 6) is -1.71. The first-order valence-corrected chi connectivity index (χ1v) is 7.45. The van der Waals surface area contributed by atoms with Crippen LogP contribution in [0, 0.1) is 5.92 Å². The number of carboxylic acid groups (broad SMARTS) is 1. The Bertz CT molecular complexity index is 361. The van der Waals surface area contributed by atoms with E-state index in [4.69, 9.17) is 9.84 Å². The molecule has 7 heteroatoms. The van der Waals surface area contributed by atoms with Crippen molar-refractivity contribution in [2.75, 3.05) is 26.0 Å². The van der Waals surface area contributed by atoms with Crippen LogP contribution in [0.5, 0.6) is 0 Å². The lowest BCUT2D eigenvalue weighted by molar-refractivity contribution is -0.141. The van der Waals surface area contributed by atoms with Crippen molar-refractivity contribution < 1.29 is 23.1 Å². The standard InChI is InChI=1S/C10H19NO5S/c1-8(10(12)13)6-11(17(2,14)15)7-9-4-3-5-16-9/h8-9H,3-7H2,1-2H3,(H,12,13). The van der Waals surface area contributed by atoms with Gasteiger partial charge in [-0.2, -0.15) is 4.31 Å². The van der Waals surface area contributed by atoms with Crippen LogP contribution in [0.15, 0.2) is 0 Å². The molecule has 17 heavy (non-hydrogen) atoms. The summed E-state index contributed by atoms with van der Waals surface area (Å²) in [7, 11) is -3.39. The molecule has 100 valence electrons. The molecular weight excluding hydrogens is 246 g/mol. The molecule has 0 aliphatic carbocycles. The number of carbonyl (C=O) groups is 1. The van der Waals surface area contributed by atoms with Gasteiger partial charge >= 0.3 is 5.97 Å². The topological polar surface area (TPSA) is 83.9 Å². The van der Waals surface area contributed by atoms with Gasteiger partial charge in [-0.3, -0.25) is 4.79 Å². The number of aliphatic carboxylic acids is 1. The Hall–Kier alpha value is -0.660. The minimum Gasteiger partial charge on any atom is -0.481 e. The molecule has 0 radical (unpaired) electrons. The molecular formula is C10H19NO5S. The average Bonchev–Trinajstić information content (AvgIpc) is 2.67. The van der Waals surface area contributed by atoms with Crippen LogP contribution in [0.25, 0.3) is 0 Å². The summed E-state index contributed by atoms with van der Waals surface area (Å²) < 4.78 is 29.7. The summed E-state index contributed by atoms with van der Waals surface area (Å²) in [5.41, 5.74) is 0. The van der Waals surface area contributed by atoms with Gasteiger partial charge in [-0.1, -0.05) is 6.92 Å². The zero-order chi connectivity index (χ0) is 13.1. The fourth-order valence-electron chi connectivity index (χ4n) is 1.74. The fraction of sp³-hybridized carbons (Fsp3) is 0.900. The van der Waals surface area contributed by atoms with Crippen LogP contribution in [0.1, 0.15) is 19.8 Å². The van der Waals surface area contributed by atoms with Crippen molar-refractivity contribution in [1.82, 2.24) is 4.31 Å². The molecule has 1 heterocycles. The van der Waals surface area contributed by atoms with Gasteiger partial charge in [0.1, 0.15) is 0 Å². The molecule has 2 atom stereocenters. The first-order valence-electron chi connectivity index (χ1n) is 5.60. The van der Waals surface area contributed by atoms with Crippen LogP contribution in [0.2, 0.25) is 0 Å². The van der Waals surface area contributed by atoms with Crippen molar-refractivity contribution in [3.8, 4) is 0 Å². The maximum absolute atomic E-state index is 11.6. The van der Waals surface area contributed by atoms with Crippen molar-refractivity contribution in [3.05, 3.63) is 0 Å². The number of sulfonamides is 1. The molecule has 0 saturated carbocycles. The molecule has 1 fully saturated rings. The van der Waals surface area contributed by atoms with Crippen molar-refractivity contribution in [2.45, 2.75) is 25.9 Å². The fourth-order valence-corrected chi connectivity index (χ4v) is 2.68. The number of carboxylic acids is 1. The second-order valence-corrected chi connectivity index (χ2v) is 6.44. The van der Waals surface area contributed by atoms with E-state index < -0.39 is 21.9 Å². The minimum atomic E-state index is -3.39. The predicted molar refractivity (Wildman–Crippen MR) is 62.2 cm³/mol. The number of nitrogens with zero attached hydrogens (tertiary/aromatic N) is 1. The largest absolute Gasteiger partial charge is 0.481 e. The van der Waals surface area contributed by atoms with Gasteiger partial charge in [-0.05, 0) is 12.8 Å². The third-order valence-corrected chi connectivity index (χ3v) is 4.04. The quantitative estimate of drug-likeness (QED) is 0.739. The second-order valence-electron chi connectivity index (χ2n) is 4.45. The third-order valence-electron chi connectivity index (χ3n) is 2.80. The molecule has 0 bridgehead atoms. The minimum absolute atomic E-state index is 0.00593. The molecule has 0 aromatic rings. The van der Waals surface area contributed by atoms with Crippen LogP contribution in [-0.4, -0.2) is 55.9 Å². The lowest BCUT2D eigenvalue weighted by atomic mass is 10.2. The Morgan fingerprint density at radius 1 is 1.59 bits per heavy atom. The Balaban J connectivity index is 2.64. The molecule has 1 N–H and O–H groups in total. The number of hydrogen-bond acceptors (Lipinski definition) is 4. The van der Waals surface area contributed by atoms with Gasteiger partial charge in [0, 0.05) is 19.7 Å². The van der Waals surface area contributed by atoms with E-state index in [9.17, 15) is 13.2 Å². The van der Waals surface area contributed by atoms with E-state index in [0.717, 1.165) is 19.1 Å². The smallest absolute Gasteiger partial charge is 0.307 e. The monoisotopic (exact) mass is 265 g/mol. The zero-order valence-electron chi connectivity index (χ0n) is 10.1. The van der Waals surface area contributed by atoms with Gasteiger partial charge in [0.05, 0.1) is 18.3 Å². The maximum Gasteiger partial charge on any atom is 0.307 e. The summed E-state index contributed by atoms with van der Waals surface area (Å²) in [4.78, 5) is 10.7. The predicted octanol–water partition coefficient (Wildman–Crippen LogP) is 0.148. The molecule has 1 aliphatic rings. The molecule has 0 aromatic carbocycles. The van der Waals surface area contributed by atoms with E-state index in [-0.39, 0.29) is 19.2 Å². The Labute approximate surface area is 102 Å². The molecule has 1 rings (SSSR count). The van der Waals surface area contributed by atoms with Crippen LogP contribution in [0.3, 0.4) is 0 Å². The normalized spacial score (nSPS) is 22.9. The Morgan fingerprint density at radius 3 is 2.65 bits per heavy atom. The Morgan fingerprint density at radius 2 is 2.24 bits per heavy atom. The first-order chi connectivity index (χ1) is 7.80. The van der Waals surface area contributed by atoms with Gasteiger partial charge in [-0.15, -0.1) is 0 Å². The summed E-state index contributed by atoms with van der Waals surface area (Å²) >= 11 is 0. The SMILES string of the molecule is CC(CN(CC1CCCO1)S(C)(=O)=O)C(=O)O. The average molecular weight is 265 g/mol. The van der Waals surface area contributed by atoms with E-state index >= 15 is 0 Å². The van der Waals surface area contributed by atoms with Crippen LogP contribution in [0.4, 0.5) is 0 Å². The summed E-state index contributed by atoms with van der Waals surface area (Å²) in [6, 6.07) is 0. The van der Waals surface area contributed by atoms with Gasteiger partial charge in [0.25, 0.3) is 0 Å². The molecule has 1 saturated heterocycles. The van der Waals surface area contributed by atoms with Crippen molar-refractivity contribution in [1.29, 1.82) is 0 Å². The molecule has 0 aromatic heterocycles. The molecule has 6 nitrogen and oxygen atoms in total. The summed E-state index contributed by atoms with van der Waals surface area (Å²) in [6.07, 6.45) is 2.74. The van der Waals surface area contributed by atoms with Gasteiger partial charge in [-0.25, -0.2) is 8.42 Å². The van der Waals surface area contributed by atoms with E-state index in [1.54, 1.807) is 0 Å². The van der Waals surface area contributed by atoms with Gasteiger partial charge < -0.3 is 9.84 Å². The number of rotatable bonds is 6. The lowest BCUT2D eigenvalue weighted by Gasteiger charge is -2.24. The van der Waals surface area contributed by atoms with E-state index in [1.165, 1.54) is 11.2 Å². The maximum atomic E-state index is 11.6. The van der Waals surface area contributed by atoms with E-state index in [1.807, 2.05) is 0 Å². The Kier molecular flexibility index (Phi) is 4.91. The number of hydrogen-bond donors (Lipinski definition) is 1. The molecule has 2 unspecified atom stereocenters. The van der Waals surface area contributed by atoms with E-state index in [0.29, 0.717) is 6.61 Å². The summed E-state index contributed by atoms with van der Waals surface area (Å²) in [5, 5.41) is 8.80.